The number of hydrogen-bond acceptors (Lipinski definition) is 2. The molecule has 0 N–H and O–H groups in total. The van der Waals surface area contributed by atoms with Crippen LogP contribution in [0.2, 0.25) is 0 Å². The first-order chi connectivity index (χ1) is 10.7. The van der Waals surface area contributed by atoms with Gasteiger partial charge >= 0.3 is 0 Å². The number of rotatable bonds is 3. The van der Waals surface area contributed by atoms with Gasteiger partial charge in [-0.1, -0.05) is 18.2 Å². The van der Waals surface area contributed by atoms with Gasteiger partial charge < -0.3 is 4.90 Å². The highest BCUT2D eigenvalue weighted by Crippen LogP contribution is 2.17. The van der Waals surface area contributed by atoms with E-state index in [1.807, 2.05) is 30.3 Å². The van der Waals surface area contributed by atoms with Crippen molar-refractivity contribution in [3.05, 3.63) is 78.6 Å². The van der Waals surface area contributed by atoms with Crippen LogP contribution in [0, 0.1) is 5.82 Å². The van der Waals surface area contributed by atoms with Crippen molar-refractivity contribution in [3.63, 3.8) is 0 Å². The van der Waals surface area contributed by atoms with Crippen molar-refractivity contribution in [2.45, 2.75) is 0 Å². The molecule has 0 fully saturated rings. The molecule has 0 saturated carbocycles. The molecule has 1 amide bonds. The summed E-state index contributed by atoms with van der Waals surface area (Å²) in [5.74, 6) is -0.508. The molecule has 110 valence electrons. The van der Waals surface area contributed by atoms with Gasteiger partial charge in [0.1, 0.15) is 11.5 Å². The summed E-state index contributed by atoms with van der Waals surface area (Å²) in [4.78, 5) is 18.3. The smallest absolute Gasteiger partial charge is 0.276 e. The van der Waals surface area contributed by atoms with Crippen molar-refractivity contribution in [3.8, 4) is 5.69 Å². The molecule has 22 heavy (non-hydrogen) atoms. The molecule has 1 heterocycles. The van der Waals surface area contributed by atoms with Crippen LogP contribution in [-0.4, -0.2) is 22.5 Å². The fraction of sp³-hybridized carbons (Fsp3) is 0.0588. The number of aromatic nitrogens is 2. The van der Waals surface area contributed by atoms with Crippen molar-refractivity contribution < 1.29 is 9.18 Å². The predicted octanol–water partition coefficient (Wildman–Crippen LogP) is 3.29. The van der Waals surface area contributed by atoms with Gasteiger partial charge in [0.25, 0.3) is 5.91 Å². The molecule has 0 radical (unpaired) electrons. The number of hydrogen-bond donors (Lipinski definition) is 0. The van der Waals surface area contributed by atoms with E-state index in [1.54, 1.807) is 35.0 Å². The summed E-state index contributed by atoms with van der Waals surface area (Å²) < 4.78 is 14.7. The van der Waals surface area contributed by atoms with E-state index in [2.05, 4.69) is 4.98 Å². The van der Waals surface area contributed by atoms with E-state index < -0.39 is 0 Å². The van der Waals surface area contributed by atoms with Gasteiger partial charge in [-0.2, -0.15) is 0 Å². The third kappa shape index (κ3) is 2.61. The Bertz CT molecular complexity index is 781. The number of anilines is 1. The van der Waals surface area contributed by atoms with E-state index >= 15 is 0 Å². The van der Waals surface area contributed by atoms with Crippen LogP contribution >= 0.6 is 0 Å². The maximum atomic E-state index is 13.0. The van der Waals surface area contributed by atoms with Crippen LogP contribution in [-0.2, 0) is 0 Å². The zero-order valence-electron chi connectivity index (χ0n) is 12.0. The average Bonchev–Trinajstić information content (AvgIpc) is 3.04. The third-order valence-corrected chi connectivity index (χ3v) is 3.41. The van der Waals surface area contributed by atoms with Gasteiger partial charge in [0, 0.05) is 18.4 Å². The fourth-order valence-electron chi connectivity index (χ4n) is 2.20. The van der Waals surface area contributed by atoms with Crippen LogP contribution < -0.4 is 4.90 Å². The van der Waals surface area contributed by atoms with E-state index in [0.717, 1.165) is 5.69 Å². The molecule has 1 aromatic heterocycles. The van der Waals surface area contributed by atoms with E-state index in [0.29, 0.717) is 11.4 Å². The first kappa shape index (κ1) is 14.0. The Balaban J connectivity index is 1.94. The first-order valence-electron chi connectivity index (χ1n) is 6.78. The normalized spacial score (nSPS) is 10.5. The van der Waals surface area contributed by atoms with Crippen LogP contribution in [0.25, 0.3) is 5.69 Å². The third-order valence-electron chi connectivity index (χ3n) is 3.41. The Hall–Kier alpha value is -2.95. The molecule has 0 atom stereocenters. The number of carbonyl (C=O) groups is 1. The number of halogens is 1. The zero-order chi connectivity index (χ0) is 15.5. The Morgan fingerprint density at radius 3 is 2.45 bits per heavy atom. The van der Waals surface area contributed by atoms with Crippen LogP contribution in [0.3, 0.4) is 0 Å². The molecule has 3 aromatic rings. The summed E-state index contributed by atoms with van der Waals surface area (Å²) in [6.45, 7) is 0. The van der Waals surface area contributed by atoms with Crippen LogP contribution in [0.4, 0.5) is 10.1 Å². The van der Waals surface area contributed by atoms with Crippen LogP contribution in [0.1, 0.15) is 10.5 Å². The summed E-state index contributed by atoms with van der Waals surface area (Å²) in [6.07, 6.45) is 3.05. The SMILES string of the molecule is CN(C(=O)c1cncn1-c1ccc(F)cc1)c1ccccc1. The molecule has 3 rings (SSSR count). The minimum Gasteiger partial charge on any atom is -0.310 e. The van der Waals surface area contributed by atoms with Crippen LogP contribution in [0.5, 0.6) is 0 Å². The highest BCUT2D eigenvalue weighted by molar-refractivity contribution is 6.04. The second-order valence-corrected chi connectivity index (χ2v) is 4.83. The van der Waals surface area contributed by atoms with Gasteiger partial charge in [0.05, 0.1) is 12.5 Å². The molecular weight excluding hydrogens is 281 g/mol. The number of amides is 1. The minimum atomic E-state index is -0.321. The minimum absolute atomic E-state index is 0.187. The highest BCUT2D eigenvalue weighted by atomic mass is 19.1. The molecule has 0 aliphatic rings. The molecule has 0 spiro atoms. The maximum Gasteiger partial charge on any atom is 0.276 e. The Morgan fingerprint density at radius 1 is 1.09 bits per heavy atom. The van der Waals surface area contributed by atoms with Crippen molar-refractivity contribution in [1.82, 2.24) is 9.55 Å². The lowest BCUT2D eigenvalue weighted by atomic mass is 10.2. The van der Waals surface area contributed by atoms with E-state index in [1.165, 1.54) is 18.3 Å². The van der Waals surface area contributed by atoms with Gasteiger partial charge in [0.2, 0.25) is 0 Å². The monoisotopic (exact) mass is 295 g/mol. The highest BCUT2D eigenvalue weighted by Gasteiger charge is 2.18. The lowest BCUT2D eigenvalue weighted by Crippen LogP contribution is -2.28. The van der Waals surface area contributed by atoms with E-state index in [9.17, 15) is 9.18 Å². The average molecular weight is 295 g/mol. The molecule has 0 saturated heterocycles. The summed E-state index contributed by atoms with van der Waals surface area (Å²) in [5, 5.41) is 0. The molecule has 0 unspecified atom stereocenters. The Labute approximate surface area is 127 Å². The lowest BCUT2D eigenvalue weighted by molar-refractivity contribution is 0.0986. The quantitative estimate of drug-likeness (QED) is 0.743. The van der Waals surface area contributed by atoms with Gasteiger partial charge in [-0.15, -0.1) is 0 Å². The van der Waals surface area contributed by atoms with Crippen molar-refractivity contribution >= 4 is 11.6 Å². The van der Waals surface area contributed by atoms with Gasteiger partial charge in [-0.25, -0.2) is 9.37 Å². The summed E-state index contributed by atoms with van der Waals surface area (Å²) in [5.41, 5.74) is 1.89. The lowest BCUT2D eigenvalue weighted by Gasteiger charge is -2.18. The topological polar surface area (TPSA) is 38.1 Å². The fourth-order valence-corrected chi connectivity index (χ4v) is 2.20. The largest absolute Gasteiger partial charge is 0.310 e. The van der Waals surface area contributed by atoms with Gasteiger partial charge in [-0.3, -0.25) is 9.36 Å². The number of benzene rings is 2. The Kier molecular flexibility index (Phi) is 3.70. The predicted molar refractivity (Wildman–Crippen MR) is 82.7 cm³/mol. The molecule has 2 aromatic carbocycles. The number of para-hydroxylation sites is 1. The zero-order valence-corrected chi connectivity index (χ0v) is 12.0. The second-order valence-electron chi connectivity index (χ2n) is 4.83. The van der Waals surface area contributed by atoms with Crippen LogP contribution in [0.15, 0.2) is 67.1 Å². The Morgan fingerprint density at radius 2 is 1.77 bits per heavy atom. The summed E-state index contributed by atoms with van der Waals surface area (Å²) in [7, 11) is 1.71. The van der Waals surface area contributed by atoms with Crippen molar-refractivity contribution in [1.29, 1.82) is 0 Å². The molecular formula is C17H14FN3O. The number of carbonyl (C=O) groups excluding carboxylic acids is 1. The van der Waals surface area contributed by atoms with Crippen molar-refractivity contribution in [2.75, 3.05) is 11.9 Å². The van der Waals surface area contributed by atoms with E-state index in [4.69, 9.17) is 0 Å². The van der Waals surface area contributed by atoms with E-state index in [-0.39, 0.29) is 11.7 Å². The standard InChI is InChI=1S/C17H14FN3O/c1-20(14-5-3-2-4-6-14)17(22)16-11-19-12-21(16)15-9-7-13(18)8-10-15/h2-12H,1H3. The maximum absolute atomic E-state index is 13.0. The molecule has 4 nitrogen and oxygen atoms in total. The van der Waals surface area contributed by atoms with Gasteiger partial charge in [-0.05, 0) is 36.4 Å². The van der Waals surface area contributed by atoms with Gasteiger partial charge in [0.15, 0.2) is 0 Å². The summed E-state index contributed by atoms with van der Waals surface area (Å²) in [6, 6.07) is 15.3. The summed E-state index contributed by atoms with van der Waals surface area (Å²) >= 11 is 0. The number of nitrogens with zero attached hydrogens (tertiary/aromatic N) is 3. The first-order valence-corrected chi connectivity index (χ1v) is 6.78. The molecule has 0 bridgehead atoms. The second kappa shape index (κ2) is 5.81. The molecule has 5 heteroatoms. The van der Waals surface area contributed by atoms with Crippen molar-refractivity contribution in [2.24, 2.45) is 0 Å². The molecule has 0 aliphatic heterocycles. The molecule has 0 aliphatic carbocycles. The number of imidazole rings is 1.